The van der Waals surface area contributed by atoms with Gasteiger partial charge in [-0.05, 0) is 17.7 Å². The van der Waals surface area contributed by atoms with Gasteiger partial charge in [-0.3, -0.25) is 0 Å². The van der Waals surface area contributed by atoms with Crippen LogP contribution in [0.5, 0.6) is 0 Å². The molecule has 2 heterocycles. The minimum atomic E-state index is 0.499. The largest absolute Gasteiger partial charge is 0.378 e. The molecule has 2 N–H and O–H groups in total. The second-order valence-corrected chi connectivity index (χ2v) is 6.97. The van der Waals surface area contributed by atoms with Crippen LogP contribution in [0.1, 0.15) is 16.1 Å². The summed E-state index contributed by atoms with van der Waals surface area (Å²) in [6.07, 6.45) is 0.713. The molecule has 4 nitrogen and oxygen atoms in total. The minimum Gasteiger partial charge on any atom is -0.378 e. The number of ether oxygens (including phenoxy) is 1. The summed E-state index contributed by atoms with van der Waals surface area (Å²) >= 11 is 13.7. The molecule has 1 saturated heterocycles. The molecule has 0 unspecified atom stereocenters. The summed E-state index contributed by atoms with van der Waals surface area (Å²) < 4.78 is 5.39. The molecule has 1 aromatic heterocycles. The smallest absolute Gasteiger partial charge is 0.185 e. The Kier molecular flexibility index (Phi) is 5.21. The van der Waals surface area contributed by atoms with E-state index in [1.807, 2.05) is 18.2 Å². The number of hydrogen-bond donors (Lipinski definition) is 1. The molecule has 0 atom stereocenters. The van der Waals surface area contributed by atoms with Gasteiger partial charge < -0.3 is 15.4 Å². The van der Waals surface area contributed by atoms with Crippen molar-refractivity contribution in [1.29, 1.82) is 0 Å². The van der Waals surface area contributed by atoms with Gasteiger partial charge in [0.15, 0.2) is 5.13 Å². The lowest BCUT2D eigenvalue weighted by atomic mass is 10.1. The lowest BCUT2D eigenvalue weighted by molar-refractivity contribution is 0.122. The van der Waals surface area contributed by atoms with E-state index in [2.05, 4.69) is 4.90 Å². The van der Waals surface area contributed by atoms with Crippen LogP contribution < -0.4 is 10.6 Å². The third kappa shape index (κ3) is 3.55. The number of hydrogen-bond acceptors (Lipinski definition) is 5. The second-order valence-electron chi connectivity index (χ2n) is 5.10. The van der Waals surface area contributed by atoms with Crippen LogP contribution in [0.15, 0.2) is 18.2 Å². The monoisotopic (exact) mass is 357 g/mol. The molecule has 0 spiro atoms. The highest BCUT2D eigenvalue weighted by Crippen LogP contribution is 2.30. The number of nitrogens with zero attached hydrogens (tertiary/aromatic N) is 2. The summed E-state index contributed by atoms with van der Waals surface area (Å²) in [6, 6.07) is 5.68. The number of benzene rings is 1. The Morgan fingerprint density at radius 2 is 2.00 bits per heavy atom. The molecule has 2 aromatic rings. The van der Waals surface area contributed by atoms with Crippen molar-refractivity contribution in [3.05, 3.63) is 44.4 Å². The highest BCUT2D eigenvalue weighted by molar-refractivity contribution is 7.15. The predicted octanol–water partition coefficient (Wildman–Crippen LogP) is 3.34. The number of nitrogens with two attached hydrogens (primary N) is 1. The molecule has 3 rings (SSSR count). The Morgan fingerprint density at radius 3 is 2.68 bits per heavy atom. The minimum absolute atomic E-state index is 0.499. The van der Waals surface area contributed by atoms with Gasteiger partial charge >= 0.3 is 0 Å². The van der Waals surface area contributed by atoms with Gasteiger partial charge in [0.1, 0.15) is 0 Å². The van der Waals surface area contributed by atoms with E-state index in [0.29, 0.717) is 23.0 Å². The van der Waals surface area contributed by atoms with E-state index in [1.54, 1.807) is 11.3 Å². The normalized spacial score (nSPS) is 15.3. The molecule has 0 amide bonds. The standard InChI is InChI=1S/C15H17Cl2N3OS/c16-11-2-1-10(7-12(11)17)8-13-14(9-18)22-15(19-13)20-3-5-21-6-4-20/h1-2,7H,3-6,8-9,18H2. The van der Waals surface area contributed by atoms with Crippen molar-refractivity contribution < 1.29 is 4.74 Å². The van der Waals surface area contributed by atoms with Gasteiger partial charge in [-0.15, -0.1) is 11.3 Å². The van der Waals surface area contributed by atoms with Gasteiger partial charge in [-0.2, -0.15) is 0 Å². The van der Waals surface area contributed by atoms with Crippen LogP contribution >= 0.6 is 34.5 Å². The molecule has 1 fully saturated rings. The van der Waals surface area contributed by atoms with Crippen LogP contribution in [0.2, 0.25) is 10.0 Å². The highest BCUT2D eigenvalue weighted by atomic mass is 35.5. The van der Waals surface area contributed by atoms with Gasteiger partial charge in [-0.25, -0.2) is 4.98 Å². The maximum Gasteiger partial charge on any atom is 0.185 e. The lowest BCUT2D eigenvalue weighted by Gasteiger charge is -2.26. The first kappa shape index (κ1) is 16.0. The summed E-state index contributed by atoms with van der Waals surface area (Å²) in [7, 11) is 0. The van der Waals surface area contributed by atoms with Gasteiger partial charge in [0.25, 0.3) is 0 Å². The molecule has 1 aliphatic heterocycles. The summed E-state index contributed by atoms with van der Waals surface area (Å²) in [5.41, 5.74) is 7.99. The zero-order chi connectivity index (χ0) is 15.5. The fraction of sp³-hybridized carbons (Fsp3) is 0.400. The first-order valence-electron chi connectivity index (χ1n) is 7.12. The van der Waals surface area contributed by atoms with Crippen LogP contribution in [0.4, 0.5) is 5.13 Å². The average molecular weight is 358 g/mol. The SMILES string of the molecule is NCc1sc(N2CCOCC2)nc1Cc1ccc(Cl)c(Cl)c1. The molecule has 1 aliphatic rings. The topological polar surface area (TPSA) is 51.4 Å². The van der Waals surface area contributed by atoms with E-state index in [4.69, 9.17) is 38.7 Å². The molecule has 0 aliphatic carbocycles. The van der Waals surface area contributed by atoms with E-state index in [1.165, 1.54) is 0 Å². The van der Waals surface area contributed by atoms with Crippen LogP contribution in [-0.4, -0.2) is 31.3 Å². The zero-order valence-corrected chi connectivity index (χ0v) is 14.3. The fourth-order valence-corrected chi connectivity index (χ4v) is 3.73. The summed E-state index contributed by atoms with van der Waals surface area (Å²) in [4.78, 5) is 8.16. The molecule has 1 aromatic carbocycles. The Balaban J connectivity index is 1.82. The van der Waals surface area contributed by atoms with Crippen molar-refractivity contribution in [3.63, 3.8) is 0 Å². The molecule has 0 radical (unpaired) electrons. The third-order valence-electron chi connectivity index (χ3n) is 3.59. The Bertz CT molecular complexity index is 656. The van der Waals surface area contributed by atoms with E-state index in [0.717, 1.165) is 47.6 Å². The first-order chi connectivity index (χ1) is 10.7. The predicted molar refractivity (Wildman–Crippen MR) is 92.3 cm³/mol. The van der Waals surface area contributed by atoms with Crippen LogP contribution in [-0.2, 0) is 17.7 Å². The number of morpholine rings is 1. The maximum absolute atomic E-state index is 6.08. The molecule has 0 bridgehead atoms. The van der Waals surface area contributed by atoms with Crippen molar-refractivity contribution in [2.75, 3.05) is 31.2 Å². The quantitative estimate of drug-likeness (QED) is 0.911. The number of anilines is 1. The summed E-state index contributed by atoms with van der Waals surface area (Å²) in [5, 5.41) is 2.16. The van der Waals surface area contributed by atoms with Crippen molar-refractivity contribution in [3.8, 4) is 0 Å². The van der Waals surface area contributed by atoms with Crippen molar-refractivity contribution >= 4 is 39.7 Å². The van der Waals surface area contributed by atoms with E-state index in [-0.39, 0.29) is 0 Å². The number of aromatic nitrogens is 1. The number of rotatable bonds is 4. The lowest BCUT2D eigenvalue weighted by Crippen LogP contribution is -2.36. The first-order valence-corrected chi connectivity index (χ1v) is 8.70. The molecular formula is C15H17Cl2N3OS. The van der Waals surface area contributed by atoms with Crippen molar-refractivity contribution in [2.24, 2.45) is 5.73 Å². The fourth-order valence-electron chi connectivity index (χ4n) is 2.40. The summed E-state index contributed by atoms with van der Waals surface area (Å²) in [6.45, 7) is 3.76. The highest BCUT2D eigenvalue weighted by Gasteiger charge is 2.18. The van der Waals surface area contributed by atoms with E-state index >= 15 is 0 Å². The maximum atomic E-state index is 6.08. The van der Waals surface area contributed by atoms with E-state index < -0.39 is 0 Å². The Morgan fingerprint density at radius 1 is 1.23 bits per heavy atom. The van der Waals surface area contributed by atoms with E-state index in [9.17, 15) is 0 Å². The summed E-state index contributed by atoms with van der Waals surface area (Å²) in [5.74, 6) is 0. The zero-order valence-electron chi connectivity index (χ0n) is 12.0. The van der Waals surface area contributed by atoms with Crippen LogP contribution in [0.3, 0.4) is 0 Å². The van der Waals surface area contributed by atoms with Crippen molar-refractivity contribution in [2.45, 2.75) is 13.0 Å². The number of thiazole rings is 1. The van der Waals surface area contributed by atoms with Gasteiger partial charge in [0.2, 0.25) is 0 Å². The van der Waals surface area contributed by atoms with Crippen LogP contribution in [0.25, 0.3) is 0 Å². The van der Waals surface area contributed by atoms with Crippen LogP contribution in [0, 0.1) is 0 Å². The third-order valence-corrected chi connectivity index (χ3v) is 5.51. The van der Waals surface area contributed by atoms with Crippen molar-refractivity contribution in [1.82, 2.24) is 4.98 Å². The molecule has 118 valence electrons. The molecular weight excluding hydrogens is 341 g/mol. The van der Waals surface area contributed by atoms with Gasteiger partial charge in [0.05, 0.1) is 29.0 Å². The molecule has 7 heteroatoms. The Labute approximate surface area is 143 Å². The second kappa shape index (κ2) is 7.15. The van der Waals surface area contributed by atoms with Gasteiger partial charge in [0, 0.05) is 30.9 Å². The molecule has 0 saturated carbocycles. The average Bonchev–Trinajstić information content (AvgIpc) is 2.95. The van der Waals surface area contributed by atoms with Gasteiger partial charge in [-0.1, -0.05) is 29.3 Å². The number of halogens is 2. The molecule has 22 heavy (non-hydrogen) atoms. The Hall–Kier alpha value is -0.850.